The first-order valence-electron chi connectivity index (χ1n) is 8.80. The molecule has 0 aliphatic rings. The molecule has 1 heterocycles. The monoisotopic (exact) mass is 379 g/mol. The molecular formula is C21H21N3O4. The standard InChI is InChI=1S/C21H21N3O4/c1-13-9-20(26)28-18-11-15(7-8-16(13)18)24(19(25)12-22)17(21(23)27)10-14-5-3-2-4-6-14/h2-9,11,17H,10,12,22H2,1H3,(H2,23,27)/t17-/m0/s1. The maximum Gasteiger partial charge on any atom is 0.336 e. The highest BCUT2D eigenvalue weighted by Gasteiger charge is 2.29. The molecule has 2 aromatic carbocycles. The van der Waals surface area contributed by atoms with Crippen molar-refractivity contribution in [1.29, 1.82) is 0 Å². The number of nitrogens with zero attached hydrogens (tertiary/aromatic N) is 1. The fourth-order valence-corrected chi connectivity index (χ4v) is 3.22. The summed E-state index contributed by atoms with van der Waals surface area (Å²) in [6.07, 6.45) is 0.234. The fraction of sp³-hybridized carbons (Fsp3) is 0.190. The normalized spacial score (nSPS) is 11.9. The Kier molecular flexibility index (Phi) is 5.56. The summed E-state index contributed by atoms with van der Waals surface area (Å²) in [7, 11) is 0. The first-order chi connectivity index (χ1) is 13.4. The van der Waals surface area contributed by atoms with E-state index in [9.17, 15) is 14.4 Å². The number of nitrogens with two attached hydrogens (primary N) is 2. The van der Waals surface area contributed by atoms with Crippen molar-refractivity contribution in [2.45, 2.75) is 19.4 Å². The molecule has 0 fully saturated rings. The lowest BCUT2D eigenvalue weighted by molar-refractivity contribution is -0.124. The molecule has 4 N–H and O–H groups in total. The van der Waals surface area contributed by atoms with Gasteiger partial charge in [0.05, 0.1) is 6.54 Å². The van der Waals surface area contributed by atoms with E-state index >= 15 is 0 Å². The maximum atomic E-state index is 12.6. The second kappa shape index (κ2) is 8.06. The number of carbonyl (C=O) groups is 2. The van der Waals surface area contributed by atoms with Crippen LogP contribution in [0, 0.1) is 6.92 Å². The van der Waals surface area contributed by atoms with Crippen LogP contribution in [0.5, 0.6) is 0 Å². The van der Waals surface area contributed by atoms with E-state index in [4.69, 9.17) is 15.9 Å². The topological polar surface area (TPSA) is 120 Å². The third kappa shape index (κ3) is 3.94. The Bertz CT molecular complexity index is 1080. The zero-order valence-electron chi connectivity index (χ0n) is 15.4. The van der Waals surface area contributed by atoms with Crippen molar-refractivity contribution in [3.8, 4) is 0 Å². The molecule has 0 aliphatic heterocycles. The highest BCUT2D eigenvalue weighted by atomic mass is 16.4. The Morgan fingerprint density at radius 3 is 2.46 bits per heavy atom. The summed E-state index contributed by atoms with van der Waals surface area (Å²) < 4.78 is 5.26. The lowest BCUT2D eigenvalue weighted by atomic mass is 10.0. The van der Waals surface area contributed by atoms with E-state index in [1.54, 1.807) is 25.1 Å². The van der Waals surface area contributed by atoms with E-state index in [1.165, 1.54) is 11.0 Å². The lowest BCUT2D eigenvalue weighted by Gasteiger charge is -2.30. The quantitative estimate of drug-likeness (QED) is 0.629. The van der Waals surface area contributed by atoms with Crippen molar-refractivity contribution in [3.05, 3.63) is 76.1 Å². The third-order valence-corrected chi connectivity index (χ3v) is 4.57. The Morgan fingerprint density at radius 2 is 1.82 bits per heavy atom. The Hall–Kier alpha value is -3.45. The van der Waals surface area contributed by atoms with Gasteiger partial charge < -0.3 is 15.9 Å². The number of benzene rings is 2. The van der Waals surface area contributed by atoms with E-state index in [-0.39, 0.29) is 13.0 Å². The SMILES string of the molecule is Cc1cc(=O)oc2cc(N(C(=O)CN)[C@@H](Cc3ccccc3)C(N)=O)ccc12. The number of carbonyl (C=O) groups excluding carboxylic acids is 2. The summed E-state index contributed by atoms with van der Waals surface area (Å²) in [5.41, 5.74) is 13.0. The molecule has 2 amide bonds. The van der Waals surface area contributed by atoms with E-state index in [2.05, 4.69) is 0 Å². The van der Waals surface area contributed by atoms with Gasteiger partial charge in [-0.1, -0.05) is 30.3 Å². The maximum absolute atomic E-state index is 12.6. The Labute approximate surface area is 161 Å². The van der Waals surface area contributed by atoms with Crippen LogP contribution in [0.15, 0.2) is 63.8 Å². The van der Waals surface area contributed by atoms with E-state index in [0.717, 1.165) is 16.5 Å². The summed E-state index contributed by atoms with van der Waals surface area (Å²) in [6.45, 7) is 1.50. The Balaban J connectivity index is 2.10. The Morgan fingerprint density at radius 1 is 1.11 bits per heavy atom. The van der Waals surface area contributed by atoms with Crippen LogP contribution in [0.1, 0.15) is 11.1 Å². The van der Waals surface area contributed by atoms with Gasteiger partial charge in [-0.15, -0.1) is 0 Å². The zero-order chi connectivity index (χ0) is 20.3. The van der Waals surface area contributed by atoms with Crippen molar-refractivity contribution >= 4 is 28.5 Å². The lowest BCUT2D eigenvalue weighted by Crippen LogP contribution is -2.51. The zero-order valence-corrected chi connectivity index (χ0v) is 15.4. The number of hydrogen-bond donors (Lipinski definition) is 2. The average Bonchev–Trinajstić information content (AvgIpc) is 2.67. The van der Waals surface area contributed by atoms with E-state index in [1.807, 2.05) is 30.3 Å². The van der Waals surface area contributed by atoms with Gasteiger partial charge in [-0.3, -0.25) is 14.5 Å². The molecule has 28 heavy (non-hydrogen) atoms. The number of fused-ring (bicyclic) bond motifs is 1. The number of hydrogen-bond acceptors (Lipinski definition) is 5. The molecule has 0 bridgehead atoms. The van der Waals surface area contributed by atoms with Crippen molar-refractivity contribution < 1.29 is 14.0 Å². The molecule has 0 spiro atoms. The minimum atomic E-state index is -0.938. The second-order valence-corrected chi connectivity index (χ2v) is 6.50. The predicted molar refractivity (Wildman–Crippen MR) is 107 cm³/mol. The van der Waals surface area contributed by atoms with Crippen LogP contribution >= 0.6 is 0 Å². The highest BCUT2D eigenvalue weighted by molar-refractivity contribution is 6.02. The molecule has 7 heteroatoms. The molecule has 0 saturated carbocycles. The largest absolute Gasteiger partial charge is 0.423 e. The van der Waals surface area contributed by atoms with Crippen molar-refractivity contribution in [3.63, 3.8) is 0 Å². The van der Waals surface area contributed by atoms with Crippen LogP contribution in [0.4, 0.5) is 5.69 Å². The minimum absolute atomic E-state index is 0.234. The molecule has 7 nitrogen and oxygen atoms in total. The molecule has 0 radical (unpaired) electrons. The van der Waals surface area contributed by atoms with Gasteiger partial charge in [-0.05, 0) is 30.2 Å². The van der Waals surface area contributed by atoms with Crippen LogP contribution in [0.2, 0.25) is 0 Å². The van der Waals surface area contributed by atoms with Crippen molar-refractivity contribution in [1.82, 2.24) is 0 Å². The van der Waals surface area contributed by atoms with Gasteiger partial charge in [0.1, 0.15) is 11.6 Å². The second-order valence-electron chi connectivity index (χ2n) is 6.50. The van der Waals surface area contributed by atoms with Crippen LogP contribution in [0.3, 0.4) is 0 Å². The summed E-state index contributed by atoms with van der Waals surface area (Å²) in [4.78, 5) is 37.8. The highest BCUT2D eigenvalue weighted by Crippen LogP contribution is 2.26. The predicted octanol–water partition coefficient (Wildman–Crippen LogP) is 1.49. The van der Waals surface area contributed by atoms with Crippen molar-refractivity contribution in [2.24, 2.45) is 11.5 Å². The van der Waals surface area contributed by atoms with Crippen LogP contribution in [-0.2, 0) is 16.0 Å². The first kappa shape index (κ1) is 19.3. The molecule has 0 saturated heterocycles. The molecule has 0 unspecified atom stereocenters. The van der Waals surface area contributed by atoms with Gasteiger partial charge >= 0.3 is 5.63 Å². The number of anilines is 1. The van der Waals surface area contributed by atoms with Crippen molar-refractivity contribution in [2.75, 3.05) is 11.4 Å². The molecule has 1 aromatic heterocycles. The van der Waals surface area contributed by atoms with E-state index in [0.29, 0.717) is 11.3 Å². The summed E-state index contributed by atoms with van der Waals surface area (Å²) in [5.74, 6) is -1.12. The summed E-state index contributed by atoms with van der Waals surface area (Å²) in [5, 5.41) is 0.738. The smallest absolute Gasteiger partial charge is 0.336 e. The number of primary amides is 1. The van der Waals surface area contributed by atoms with Gasteiger partial charge in [-0.2, -0.15) is 0 Å². The van der Waals surface area contributed by atoms with Gasteiger partial charge in [0, 0.05) is 29.6 Å². The molecule has 1 atom stereocenters. The molecule has 144 valence electrons. The van der Waals surface area contributed by atoms with Crippen LogP contribution < -0.4 is 22.0 Å². The van der Waals surface area contributed by atoms with E-state index < -0.39 is 23.5 Å². The van der Waals surface area contributed by atoms with Crippen LogP contribution in [-0.4, -0.2) is 24.4 Å². The number of amides is 2. The summed E-state index contributed by atoms with van der Waals surface area (Å²) in [6, 6.07) is 14.7. The number of aryl methyl sites for hydroxylation is 1. The minimum Gasteiger partial charge on any atom is -0.423 e. The third-order valence-electron chi connectivity index (χ3n) is 4.57. The summed E-state index contributed by atoms with van der Waals surface area (Å²) >= 11 is 0. The molecule has 0 aliphatic carbocycles. The molecular weight excluding hydrogens is 358 g/mol. The first-order valence-corrected chi connectivity index (χ1v) is 8.80. The van der Waals surface area contributed by atoms with Crippen LogP contribution in [0.25, 0.3) is 11.0 Å². The fourth-order valence-electron chi connectivity index (χ4n) is 3.22. The van der Waals surface area contributed by atoms with Gasteiger partial charge in [0.15, 0.2) is 0 Å². The number of rotatable bonds is 6. The molecule has 3 aromatic rings. The average molecular weight is 379 g/mol. The van der Waals surface area contributed by atoms with Gasteiger partial charge in [0.2, 0.25) is 11.8 Å². The molecule has 3 rings (SSSR count). The van der Waals surface area contributed by atoms with Gasteiger partial charge in [-0.25, -0.2) is 4.79 Å². The van der Waals surface area contributed by atoms with Gasteiger partial charge in [0.25, 0.3) is 0 Å².